The quantitative estimate of drug-likeness (QED) is 0.288. The summed E-state index contributed by atoms with van der Waals surface area (Å²) in [6, 6.07) is 11.6. The van der Waals surface area contributed by atoms with Gasteiger partial charge in [0.15, 0.2) is 0 Å². The number of halogens is 5. The highest BCUT2D eigenvalue weighted by molar-refractivity contribution is 6.03. The van der Waals surface area contributed by atoms with Gasteiger partial charge in [-0.15, -0.1) is 0 Å². The molecule has 1 saturated carbocycles. The number of nitrogens with one attached hydrogen (secondary N) is 3. The number of rotatable bonds is 9. The van der Waals surface area contributed by atoms with Crippen molar-refractivity contribution in [1.29, 1.82) is 0 Å². The Morgan fingerprint density at radius 3 is 2.41 bits per heavy atom. The van der Waals surface area contributed by atoms with E-state index in [4.69, 9.17) is 0 Å². The van der Waals surface area contributed by atoms with E-state index in [0.717, 1.165) is 24.3 Å². The highest BCUT2D eigenvalue weighted by Crippen LogP contribution is 2.46. The van der Waals surface area contributed by atoms with Gasteiger partial charge in [0.1, 0.15) is 11.6 Å². The van der Waals surface area contributed by atoms with E-state index < -0.39 is 47.0 Å². The van der Waals surface area contributed by atoms with Crippen LogP contribution in [0.5, 0.6) is 0 Å². The highest BCUT2D eigenvalue weighted by Gasteiger charge is 2.45. The van der Waals surface area contributed by atoms with E-state index in [-0.39, 0.29) is 30.0 Å². The van der Waals surface area contributed by atoms with Crippen LogP contribution >= 0.6 is 0 Å². The van der Waals surface area contributed by atoms with Gasteiger partial charge in [0.2, 0.25) is 0 Å². The number of benzene rings is 3. The van der Waals surface area contributed by atoms with Gasteiger partial charge in [0, 0.05) is 35.8 Å². The van der Waals surface area contributed by atoms with Gasteiger partial charge < -0.3 is 21.1 Å². The van der Waals surface area contributed by atoms with E-state index in [1.165, 1.54) is 6.07 Å². The minimum atomic E-state index is -4.50. The smallest absolute Gasteiger partial charge is 0.390 e. The molecule has 4 N–H and O–H groups in total. The van der Waals surface area contributed by atoms with Crippen molar-refractivity contribution in [2.24, 2.45) is 0 Å². The maximum absolute atomic E-state index is 13.9. The first-order chi connectivity index (χ1) is 19.4. The van der Waals surface area contributed by atoms with Crippen molar-refractivity contribution < 1.29 is 36.6 Å². The Kier molecular flexibility index (Phi) is 7.85. The molecule has 6 nitrogen and oxygen atoms in total. The predicted octanol–water partition coefficient (Wildman–Crippen LogP) is 4.25. The van der Waals surface area contributed by atoms with Gasteiger partial charge in [-0.05, 0) is 78.8 Å². The molecular weight excluding hydrogens is 545 g/mol. The van der Waals surface area contributed by atoms with Gasteiger partial charge in [-0.3, -0.25) is 9.59 Å². The van der Waals surface area contributed by atoms with E-state index in [1.807, 2.05) is 0 Å². The molecule has 5 rings (SSSR count). The summed E-state index contributed by atoms with van der Waals surface area (Å²) >= 11 is 0. The number of aliphatic hydroxyl groups is 1. The standard InChI is InChI=1S/C30H28F5N3O3/c31-20-11-17(12-21(32)15-20)13-25(38-28(41)24-6-2-5-23-22(24)7-10-36-27(23)40)26(39)16-37-29(8-9-29)18-3-1-4-19(14-18)30(33,34)35/h1-6,11-12,14-15,25-26,37,39H,7-10,13,16H2,(H,36,40)(H,38,41)/t25-,26+/m0/s1. The average Bonchev–Trinajstić information content (AvgIpc) is 3.71. The number of aliphatic hydroxyl groups excluding tert-OH is 1. The number of alkyl halides is 3. The monoisotopic (exact) mass is 573 g/mol. The number of amides is 2. The molecule has 1 fully saturated rings. The molecular formula is C30H28F5N3O3. The maximum Gasteiger partial charge on any atom is 0.416 e. The third kappa shape index (κ3) is 6.41. The van der Waals surface area contributed by atoms with Crippen LogP contribution in [0.1, 0.15) is 55.8 Å². The molecule has 0 aromatic heterocycles. The molecule has 216 valence electrons. The lowest BCUT2D eigenvalue weighted by atomic mass is 9.93. The second-order valence-corrected chi connectivity index (χ2v) is 10.5. The first-order valence-corrected chi connectivity index (χ1v) is 13.2. The number of hydrogen-bond donors (Lipinski definition) is 4. The molecule has 3 aromatic rings. The summed E-state index contributed by atoms with van der Waals surface area (Å²) in [6.45, 7) is 0.237. The van der Waals surface area contributed by atoms with E-state index >= 15 is 0 Å². The molecule has 3 aromatic carbocycles. The molecule has 0 radical (unpaired) electrons. The van der Waals surface area contributed by atoms with Gasteiger partial charge in [0.25, 0.3) is 11.8 Å². The number of hydrogen-bond acceptors (Lipinski definition) is 4. The van der Waals surface area contributed by atoms with Crippen LogP contribution in [0.15, 0.2) is 60.7 Å². The fourth-order valence-corrected chi connectivity index (χ4v) is 5.32. The molecule has 11 heteroatoms. The summed E-state index contributed by atoms with van der Waals surface area (Å²) in [7, 11) is 0. The van der Waals surface area contributed by atoms with Crippen LogP contribution in [-0.2, 0) is 24.6 Å². The molecule has 2 atom stereocenters. The van der Waals surface area contributed by atoms with Crippen molar-refractivity contribution in [2.45, 2.75) is 49.5 Å². The Labute approximate surface area is 233 Å². The summed E-state index contributed by atoms with van der Waals surface area (Å²) in [6.07, 6.45) is -4.39. The first-order valence-electron chi connectivity index (χ1n) is 13.2. The lowest BCUT2D eigenvalue weighted by molar-refractivity contribution is -0.137. The Morgan fingerprint density at radius 2 is 1.73 bits per heavy atom. The molecule has 0 spiro atoms. The second kappa shape index (κ2) is 11.2. The highest BCUT2D eigenvalue weighted by atomic mass is 19.4. The fourth-order valence-electron chi connectivity index (χ4n) is 5.32. The van der Waals surface area contributed by atoms with Crippen LogP contribution in [0.4, 0.5) is 22.0 Å². The summed E-state index contributed by atoms with van der Waals surface area (Å²) < 4.78 is 67.7. The van der Waals surface area contributed by atoms with Gasteiger partial charge in [-0.1, -0.05) is 18.2 Å². The number of fused-ring (bicyclic) bond motifs is 1. The maximum atomic E-state index is 13.9. The summed E-state index contributed by atoms with van der Waals surface area (Å²) in [5.41, 5.74) is 0.248. The summed E-state index contributed by atoms with van der Waals surface area (Å²) in [4.78, 5) is 25.6. The third-order valence-corrected chi connectivity index (χ3v) is 7.63. The second-order valence-electron chi connectivity index (χ2n) is 10.5. The Morgan fingerprint density at radius 1 is 1.02 bits per heavy atom. The van der Waals surface area contributed by atoms with Gasteiger partial charge in [-0.2, -0.15) is 13.2 Å². The molecule has 41 heavy (non-hydrogen) atoms. The number of carbonyl (C=O) groups excluding carboxylic acids is 2. The van der Waals surface area contributed by atoms with Crippen LogP contribution in [0.3, 0.4) is 0 Å². The van der Waals surface area contributed by atoms with Crippen LogP contribution in [0.2, 0.25) is 0 Å². The zero-order chi connectivity index (χ0) is 29.4. The molecule has 1 aliphatic heterocycles. The van der Waals surface area contributed by atoms with E-state index in [0.29, 0.717) is 48.6 Å². The summed E-state index contributed by atoms with van der Waals surface area (Å²) in [5, 5.41) is 19.8. The van der Waals surface area contributed by atoms with Crippen LogP contribution in [0, 0.1) is 11.6 Å². The predicted molar refractivity (Wildman–Crippen MR) is 140 cm³/mol. The summed E-state index contributed by atoms with van der Waals surface area (Å²) in [5.74, 6) is -2.51. The van der Waals surface area contributed by atoms with E-state index in [9.17, 15) is 36.6 Å². The zero-order valence-electron chi connectivity index (χ0n) is 21.8. The zero-order valence-corrected chi connectivity index (χ0v) is 21.8. The van der Waals surface area contributed by atoms with Crippen molar-refractivity contribution in [1.82, 2.24) is 16.0 Å². The molecule has 0 bridgehead atoms. The topological polar surface area (TPSA) is 90.5 Å². The molecule has 1 aliphatic carbocycles. The molecule has 1 heterocycles. The van der Waals surface area contributed by atoms with Crippen molar-refractivity contribution >= 4 is 11.8 Å². The minimum Gasteiger partial charge on any atom is -0.390 e. The van der Waals surface area contributed by atoms with Crippen LogP contribution in [-0.4, -0.2) is 42.2 Å². The first kappa shape index (κ1) is 28.7. The largest absolute Gasteiger partial charge is 0.416 e. The third-order valence-electron chi connectivity index (χ3n) is 7.63. The SMILES string of the molecule is O=C1NCCc2c1cccc2C(=O)N[C@@H](Cc1cc(F)cc(F)c1)[C@H](O)CNC1(c2cccc(C(F)(F)F)c2)CC1. The van der Waals surface area contributed by atoms with Gasteiger partial charge in [-0.25, -0.2) is 8.78 Å². The van der Waals surface area contributed by atoms with Crippen LogP contribution < -0.4 is 16.0 Å². The normalized spacial score (nSPS) is 17.3. The lowest BCUT2D eigenvalue weighted by Gasteiger charge is -2.28. The van der Waals surface area contributed by atoms with Crippen molar-refractivity contribution in [3.8, 4) is 0 Å². The van der Waals surface area contributed by atoms with Gasteiger partial charge >= 0.3 is 6.18 Å². The van der Waals surface area contributed by atoms with E-state index in [2.05, 4.69) is 16.0 Å². The molecule has 0 unspecified atom stereocenters. The van der Waals surface area contributed by atoms with Gasteiger partial charge in [0.05, 0.1) is 17.7 Å². The Bertz CT molecular complexity index is 1450. The molecule has 0 saturated heterocycles. The average molecular weight is 574 g/mol. The Hall–Kier alpha value is -3.83. The minimum absolute atomic E-state index is 0.117. The van der Waals surface area contributed by atoms with Crippen molar-refractivity contribution in [3.63, 3.8) is 0 Å². The van der Waals surface area contributed by atoms with Crippen molar-refractivity contribution in [3.05, 3.63) is 106 Å². The van der Waals surface area contributed by atoms with Crippen molar-refractivity contribution in [2.75, 3.05) is 13.1 Å². The van der Waals surface area contributed by atoms with E-state index in [1.54, 1.807) is 24.3 Å². The molecule has 2 aliphatic rings. The fraction of sp³-hybridized carbons (Fsp3) is 0.333. The molecule has 2 amide bonds. The lowest BCUT2D eigenvalue weighted by Crippen LogP contribution is -2.50. The number of carbonyl (C=O) groups is 2. The Balaban J connectivity index is 1.37. The van der Waals surface area contributed by atoms with Crippen LogP contribution in [0.25, 0.3) is 0 Å².